The van der Waals surface area contributed by atoms with Gasteiger partial charge in [0.25, 0.3) is 0 Å². The molecule has 0 radical (unpaired) electrons. The third-order valence-electron chi connectivity index (χ3n) is 2.70. The summed E-state index contributed by atoms with van der Waals surface area (Å²) in [5.74, 6) is -1.67. The fourth-order valence-electron chi connectivity index (χ4n) is 1.81. The van der Waals surface area contributed by atoms with Crippen LogP contribution in [0.15, 0.2) is 12.1 Å². The Bertz CT molecular complexity index is 462. The van der Waals surface area contributed by atoms with Crippen molar-refractivity contribution in [3.8, 4) is 0 Å². The summed E-state index contributed by atoms with van der Waals surface area (Å²) in [6.07, 6.45) is 0.204. The zero-order valence-electron chi connectivity index (χ0n) is 10.4. The molecular formula is C12H14ClF2IN2O2. The quantitative estimate of drug-likeness (QED) is 0.585. The largest absolute Gasteiger partial charge is 0.378 e. The van der Waals surface area contributed by atoms with Gasteiger partial charge >= 0.3 is 0 Å². The van der Waals surface area contributed by atoms with Crippen LogP contribution in [0.25, 0.3) is 0 Å². The van der Waals surface area contributed by atoms with Gasteiger partial charge in [-0.2, -0.15) is 0 Å². The second kappa shape index (κ2) is 8.06. The van der Waals surface area contributed by atoms with Crippen molar-refractivity contribution < 1.29 is 18.3 Å². The minimum atomic E-state index is -0.685. The Hall–Kier alpha value is -0.510. The van der Waals surface area contributed by atoms with Crippen LogP contribution in [-0.2, 0) is 9.53 Å². The number of rotatable bonds is 3. The van der Waals surface area contributed by atoms with Gasteiger partial charge in [0.1, 0.15) is 11.6 Å². The van der Waals surface area contributed by atoms with E-state index in [1.165, 1.54) is 0 Å². The molecule has 0 bridgehead atoms. The van der Waals surface area contributed by atoms with Crippen molar-refractivity contribution in [2.45, 2.75) is 12.5 Å². The molecule has 1 heterocycles. The molecule has 2 N–H and O–H groups in total. The van der Waals surface area contributed by atoms with Gasteiger partial charge in [-0.25, -0.2) is 8.78 Å². The Kier molecular flexibility index (Phi) is 7.07. The maximum atomic E-state index is 13.3. The summed E-state index contributed by atoms with van der Waals surface area (Å²) >= 11 is 1.57. The SMILES string of the molecule is Cl.O=C(CC1COCCN1)Nc1cc(F)c(I)c(F)c1. The lowest BCUT2D eigenvalue weighted by molar-refractivity contribution is -0.117. The second-order valence-electron chi connectivity index (χ2n) is 4.23. The predicted molar refractivity (Wildman–Crippen MR) is 82.2 cm³/mol. The number of carbonyl (C=O) groups excluding carboxylic acids is 1. The van der Waals surface area contributed by atoms with E-state index in [1.807, 2.05) is 0 Å². The maximum Gasteiger partial charge on any atom is 0.226 e. The highest BCUT2D eigenvalue weighted by Crippen LogP contribution is 2.20. The first-order valence-electron chi connectivity index (χ1n) is 5.82. The topological polar surface area (TPSA) is 50.4 Å². The van der Waals surface area contributed by atoms with Crippen LogP contribution in [-0.4, -0.2) is 31.7 Å². The summed E-state index contributed by atoms with van der Waals surface area (Å²) < 4.78 is 31.8. The molecule has 8 heteroatoms. The fourth-order valence-corrected chi connectivity index (χ4v) is 2.13. The molecule has 1 atom stereocenters. The zero-order chi connectivity index (χ0) is 13.8. The molecule has 1 fully saturated rings. The summed E-state index contributed by atoms with van der Waals surface area (Å²) in [4.78, 5) is 11.7. The molecular weight excluding hydrogens is 404 g/mol. The Morgan fingerprint density at radius 1 is 1.45 bits per heavy atom. The van der Waals surface area contributed by atoms with E-state index in [9.17, 15) is 13.6 Å². The third kappa shape index (κ3) is 4.80. The van der Waals surface area contributed by atoms with Crippen molar-refractivity contribution in [2.75, 3.05) is 25.1 Å². The van der Waals surface area contributed by atoms with E-state index in [2.05, 4.69) is 10.6 Å². The number of hydrogen-bond acceptors (Lipinski definition) is 3. The van der Waals surface area contributed by atoms with Gasteiger partial charge in [0, 0.05) is 24.7 Å². The van der Waals surface area contributed by atoms with Crippen LogP contribution >= 0.6 is 35.0 Å². The molecule has 1 aliphatic rings. The maximum absolute atomic E-state index is 13.3. The number of amides is 1. The molecule has 1 saturated heterocycles. The minimum Gasteiger partial charge on any atom is -0.378 e. The van der Waals surface area contributed by atoms with E-state index in [1.54, 1.807) is 22.6 Å². The molecule has 20 heavy (non-hydrogen) atoms. The Morgan fingerprint density at radius 3 is 2.65 bits per heavy atom. The lowest BCUT2D eigenvalue weighted by Gasteiger charge is -2.23. The molecule has 1 amide bonds. The van der Waals surface area contributed by atoms with Crippen LogP contribution in [0, 0.1) is 15.2 Å². The molecule has 1 aromatic rings. The van der Waals surface area contributed by atoms with Crippen molar-refractivity contribution in [2.24, 2.45) is 0 Å². The smallest absolute Gasteiger partial charge is 0.226 e. The van der Waals surface area contributed by atoms with E-state index >= 15 is 0 Å². The molecule has 1 unspecified atom stereocenters. The van der Waals surface area contributed by atoms with Gasteiger partial charge in [-0.15, -0.1) is 12.4 Å². The van der Waals surface area contributed by atoms with Crippen LogP contribution in [0.1, 0.15) is 6.42 Å². The number of ether oxygens (including phenoxy) is 1. The first-order chi connectivity index (χ1) is 9.06. The average Bonchev–Trinajstić information content (AvgIpc) is 2.37. The molecule has 112 valence electrons. The first kappa shape index (κ1) is 17.5. The highest BCUT2D eigenvalue weighted by Gasteiger charge is 2.17. The number of nitrogens with one attached hydrogen (secondary N) is 2. The van der Waals surface area contributed by atoms with Gasteiger partial charge in [-0.05, 0) is 34.7 Å². The Labute approximate surface area is 135 Å². The minimum absolute atomic E-state index is 0. The van der Waals surface area contributed by atoms with E-state index in [0.717, 1.165) is 12.1 Å². The summed E-state index contributed by atoms with van der Waals surface area (Å²) in [6.45, 7) is 1.79. The summed E-state index contributed by atoms with van der Waals surface area (Å²) in [5.41, 5.74) is 0.122. The molecule has 0 aromatic heterocycles. The van der Waals surface area contributed by atoms with E-state index in [-0.39, 0.29) is 40.0 Å². The van der Waals surface area contributed by atoms with Gasteiger partial charge in [0.2, 0.25) is 5.91 Å². The van der Waals surface area contributed by atoms with Gasteiger partial charge in [0.05, 0.1) is 16.8 Å². The average molecular weight is 419 g/mol. The summed E-state index contributed by atoms with van der Waals surface area (Å²) in [6, 6.07) is 2.15. The number of benzene rings is 1. The number of morpholine rings is 1. The fraction of sp³-hybridized carbons (Fsp3) is 0.417. The van der Waals surface area contributed by atoms with Crippen molar-refractivity contribution in [1.29, 1.82) is 0 Å². The Balaban J connectivity index is 0.00000200. The molecule has 1 aliphatic heterocycles. The van der Waals surface area contributed by atoms with Gasteiger partial charge < -0.3 is 15.4 Å². The number of halogens is 4. The van der Waals surface area contributed by atoms with Gasteiger partial charge in [-0.3, -0.25) is 4.79 Å². The third-order valence-corrected chi connectivity index (χ3v) is 3.73. The number of carbonyl (C=O) groups is 1. The van der Waals surface area contributed by atoms with Crippen molar-refractivity contribution in [1.82, 2.24) is 5.32 Å². The zero-order valence-corrected chi connectivity index (χ0v) is 13.4. The van der Waals surface area contributed by atoms with Gasteiger partial charge in [0.15, 0.2) is 0 Å². The van der Waals surface area contributed by atoms with Crippen LogP contribution < -0.4 is 10.6 Å². The molecule has 0 spiro atoms. The van der Waals surface area contributed by atoms with Crippen molar-refractivity contribution in [3.05, 3.63) is 27.3 Å². The lowest BCUT2D eigenvalue weighted by atomic mass is 10.2. The molecule has 0 aliphatic carbocycles. The van der Waals surface area contributed by atoms with Crippen molar-refractivity contribution >= 4 is 46.6 Å². The molecule has 1 aromatic carbocycles. The summed E-state index contributed by atoms with van der Waals surface area (Å²) in [5, 5.41) is 5.61. The van der Waals surface area contributed by atoms with Crippen LogP contribution in [0.2, 0.25) is 0 Å². The standard InChI is InChI=1S/C12H13F2IN2O2.ClH/c13-9-3-7(4-10(14)12(9)15)17-11(18)5-8-6-19-2-1-16-8;/h3-4,8,16H,1-2,5-6H2,(H,17,18);1H. The molecule has 4 nitrogen and oxygen atoms in total. The highest BCUT2D eigenvalue weighted by atomic mass is 127. The molecule has 2 rings (SSSR count). The summed E-state index contributed by atoms with van der Waals surface area (Å²) in [7, 11) is 0. The second-order valence-corrected chi connectivity index (χ2v) is 5.31. The molecule has 0 saturated carbocycles. The lowest BCUT2D eigenvalue weighted by Crippen LogP contribution is -2.43. The predicted octanol–water partition coefficient (Wildman–Crippen LogP) is 2.31. The van der Waals surface area contributed by atoms with E-state index < -0.39 is 11.6 Å². The van der Waals surface area contributed by atoms with E-state index in [4.69, 9.17) is 4.74 Å². The van der Waals surface area contributed by atoms with Crippen LogP contribution in [0.3, 0.4) is 0 Å². The van der Waals surface area contributed by atoms with Crippen molar-refractivity contribution in [3.63, 3.8) is 0 Å². The monoisotopic (exact) mass is 418 g/mol. The first-order valence-corrected chi connectivity index (χ1v) is 6.89. The van der Waals surface area contributed by atoms with Gasteiger partial charge in [-0.1, -0.05) is 0 Å². The highest BCUT2D eigenvalue weighted by molar-refractivity contribution is 14.1. The Morgan fingerprint density at radius 2 is 2.10 bits per heavy atom. The number of anilines is 1. The van der Waals surface area contributed by atoms with Crippen LogP contribution in [0.4, 0.5) is 14.5 Å². The van der Waals surface area contributed by atoms with E-state index in [0.29, 0.717) is 19.8 Å². The normalized spacial score (nSPS) is 18.2. The number of hydrogen-bond donors (Lipinski definition) is 2. The van der Waals surface area contributed by atoms with Crippen LogP contribution in [0.5, 0.6) is 0 Å².